The van der Waals surface area contributed by atoms with E-state index in [1.807, 2.05) is 32.0 Å². The largest absolute Gasteiger partial charge is 0.454 e. The van der Waals surface area contributed by atoms with Crippen LogP contribution in [0.5, 0.6) is 11.5 Å². The Bertz CT molecular complexity index is 809. The van der Waals surface area contributed by atoms with E-state index in [0.717, 1.165) is 29.7 Å². The summed E-state index contributed by atoms with van der Waals surface area (Å²) in [5.74, 6) is 0.128. The number of nitrogens with one attached hydrogen (secondary N) is 1. The highest BCUT2D eigenvalue weighted by Crippen LogP contribution is 2.32. The van der Waals surface area contributed by atoms with Gasteiger partial charge >= 0.3 is 5.97 Å². The Labute approximate surface area is 152 Å². The molecule has 0 spiro atoms. The van der Waals surface area contributed by atoms with Gasteiger partial charge in [0.1, 0.15) is 0 Å². The van der Waals surface area contributed by atoms with Crippen molar-refractivity contribution in [2.75, 3.05) is 18.7 Å². The molecule has 1 amide bonds. The lowest BCUT2D eigenvalue weighted by Crippen LogP contribution is -2.22. The van der Waals surface area contributed by atoms with Gasteiger partial charge in [-0.3, -0.25) is 4.79 Å². The molecule has 0 radical (unpaired) electrons. The van der Waals surface area contributed by atoms with Crippen molar-refractivity contribution in [1.29, 1.82) is 0 Å². The van der Waals surface area contributed by atoms with Crippen LogP contribution >= 0.6 is 0 Å². The van der Waals surface area contributed by atoms with E-state index in [-0.39, 0.29) is 19.3 Å². The van der Waals surface area contributed by atoms with E-state index >= 15 is 0 Å². The molecule has 0 saturated carbocycles. The van der Waals surface area contributed by atoms with Crippen LogP contribution in [0.3, 0.4) is 0 Å². The third kappa shape index (κ3) is 3.79. The molecule has 0 bridgehead atoms. The maximum atomic E-state index is 12.2. The number of aryl methyl sites for hydroxylation is 2. The number of amides is 1. The Balaban J connectivity index is 1.62. The van der Waals surface area contributed by atoms with Gasteiger partial charge in [0, 0.05) is 5.69 Å². The molecule has 2 aromatic rings. The van der Waals surface area contributed by atoms with Crippen LogP contribution < -0.4 is 14.8 Å². The number of para-hydroxylation sites is 1. The molecular formula is C20H21NO5. The number of benzene rings is 2. The average molecular weight is 355 g/mol. The number of carbonyl (C=O) groups excluding carboxylic acids is 2. The first-order valence-electron chi connectivity index (χ1n) is 8.59. The van der Waals surface area contributed by atoms with Gasteiger partial charge in [-0.25, -0.2) is 4.79 Å². The highest BCUT2D eigenvalue weighted by atomic mass is 16.7. The van der Waals surface area contributed by atoms with E-state index < -0.39 is 5.97 Å². The zero-order valence-corrected chi connectivity index (χ0v) is 14.8. The van der Waals surface area contributed by atoms with E-state index in [9.17, 15) is 9.59 Å². The number of esters is 1. The van der Waals surface area contributed by atoms with Crippen molar-refractivity contribution in [2.24, 2.45) is 0 Å². The fourth-order valence-corrected chi connectivity index (χ4v) is 2.82. The third-order valence-corrected chi connectivity index (χ3v) is 4.21. The van der Waals surface area contributed by atoms with Crippen molar-refractivity contribution in [3.63, 3.8) is 0 Å². The molecule has 0 saturated heterocycles. The number of hydrogen-bond acceptors (Lipinski definition) is 5. The van der Waals surface area contributed by atoms with Crippen LogP contribution in [0, 0.1) is 0 Å². The zero-order valence-electron chi connectivity index (χ0n) is 14.8. The van der Waals surface area contributed by atoms with Gasteiger partial charge < -0.3 is 19.5 Å². The van der Waals surface area contributed by atoms with Crippen molar-refractivity contribution >= 4 is 17.6 Å². The van der Waals surface area contributed by atoms with E-state index in [1.54, 1.807) is 18.2 Å². The van der Waals surface area contributed by atoms with Gasteiger partial charge in [0.15, 0.2) is 18.1 Å². The Morgan fingerprint density at radius 1 is 1.04 bits per heavy atom. The van der Waals surface area contributed by atoms with Crippen LogP contribution in [0.1, 0.15) is 35.3 Å². The number of carbonyl (C=O) groups is 2. The van der Waals surface area contributed by atoms with Gasteiger partial charge in [0.05, 0.1) is 5.56 Å². The minimum atomic E-state index is -0.585. The molecule has 0 unspecified atom stereocenters. The summed E-state index contributed by atoms with van der Waals surface area (Å²) in [6.45, 7) is 3.84. The van der Waals surface area contributed by atoms with E-state index in [4.69, 9.17) is 14.2 Å². The normalized spacial score (nSPS) is 11.9. The first-order chi connectivity index (χ1) is 12.6. The van der Waals surface area contributed by atoms with Crippen LogP contribution in [-0.2, 0) is 22.4 Å². The van der Waals surface area contributed by atoms with Crippen LogP contribution in [0.4, 0.5) is 5.69 Å². The van der Waals surface area contributed by atoms with Crippen LogP contribution in [0.15, 0.2) is 36.4 Å². The molecule has 136 valence electrons. The molecule has 0 fully saturated rings. The van der Waals surface area contributed by atoms with Crippen LogP contribution in [0.2, 0.25) is 0 Å². The first-order valence-corrected chi connectivity index (χ1v) is 8.59. The molecule has 1 aliphatic rings. The zero-order chi connectivity index (χ0) is 18.5. The maximum Gasteiger partial charge on any atom is 0.338 e. The fraction of sp³-hybridized carbons (Fsp3) is 0.300. The van der Waals surface area contributed by atoms with E-state index in [1.165, 1.54) is 0 Å². The van der Waals surface area contributed by atoms with Crippen molar-refractivity contribution in [2.45, 2.75) is 26.7 Å². The topological polar surface area (TPSA) is 73.9 Å². The number of rotatable bonds is 6. The highest BCUT2D eigenvalue weighted by Gasteiger charge is 2.18. The van der Waals surface area contributed by atoms with Crippen molar-refractivity contribution < 1.29 is 23.8 Å². The molecule has 0 aromatic heterocycles. The summed E-state index contributed by atoms with van der Waals surface area (Å²) < 4.78 is 15.6. The molecule has 1 aliphatic heterocycles. The second kappa shape index (κ2) is 7.91. The summed E-state index contributed by atoms with van der Waals surface area (Å²) >= 11 is 0. The maximum absolute atomic E-state index is 12.2. The smallest absolute Gasteiger partial charge is 0.338 e. The van der Waals surface area contributed by atoms with Gasteiger partial charge in [0.2, 0.25) is 6.79 Å². The predicted octanol–water partition coefficient (Wildman–Crippen LogP) is 3.34. The van der Waals surface area contributed by atoms with Gasteiger partial charge in [0.25, 0.3) is 5.91 Å². The van der Waals surface area contributed by atoms with Crippen LogP contribution in [-0.4, -0.2) is 25.3 Å². The SMILES string of the molecule is CCc1cccc(CC)c1NC(=O)COC(=O)c1ccc2c(c1)OCO2. The van der Waals surface area contributed by atoms with E-state index in [0.29, 0.717) is 17.1 Å². The molecule has 26 heavy (non-hydrogen) atoms. The Morgan fingerprint density at radius 2 is 1.73 bits per heavy atom. The van der Waals surface area contributed by atoms with Crippen molar-refractivity contribution in [3.05, 3.63) is 53.1 Å². The number of fused-ring (bicyclic) bond motifs is 1. The summed E-state index contributed by atoms with van der Waals surface area (Å²) in [4.78, 5) is 24.4. The minimum Gasteiger partial charge on any atom is -0.454 e. The summed E-state index contributed by atoms with van der Waals surface area (Å²) in [5, 5.41) is 2.87. The van der Waals surface area contributed by atoms with Gasteiger partial charge in [-0.1, -0.05) is 32.0 Å². The molecule has 0 aliphatic carbocycles. The monoisotopic (exact) mass is 355 g/mol. The molecule has 6 nitrogen and oxygen atoms in total. The molecule has 1 N–H and O–H groups in total. The Morgan fingerprint density at radius 3 is 2.42 bits per heavy atom. The van der Waals surface area contributed by atoms with Gasteiger partial charge in [-0.05, 0) is 42.2 Å². The molecule has 3 rings (SSSR count). The average Bonchev–Trinajstić information content (AvgIpc) is 3.14. The fourth-order valence-electron chi connectivity index (χ4n) is 2.82. The number of ether oxygens (including phenoxy) is 3. The minimum absolute atomic E-state index is 0.132. The van der Waals surface area contributed by atoms with Crippen molar-refractivity contribution in [3.8, 4) is 11.5 Å². The van der Waals surface area contributed by atoms with Gasteiger partial charge in [-0.15, -0.1) is 0 Å². The van der Waals surface area contributed by atoms with E-state index in [2.05, 4.69) is 5.32 Å². The number of hydrogen-bond donors (Lipinski definition) is 1. The standard InChI is InChI=1S/C20H21NO5/c1-3-13-6-5-7-14(4-2)19(13)21-18(22)11-24-20(23)15-8-9-16-17(10-15)26-12-25-16/h5-10H,3-4,11-12H2,1-2H3,(H,21,22). The summed E-state index contributed by atoms with van der Waals surface area (Å²) in [7, 11) is 0. The quantitative estimate of drug-likeness (QED) is 0.805. The second-order valence-corrected chi connectivity index (χ2v) is 5.85. The Kier molecular flexibility index (Phi) is 5.41. The lowest BCUT2D eigenvalue weighted by atomic mass is 10.0. The molecule has 2 aromatic carbocycles. The van der Waals surface area contributed by atoms with Gasteiger partial charge in [-0.2, -0.15) is 0 Å². The Hall–Kier alpha value is -3.02. The summed E-state index contributed by atoms with van der Waals surface area (Å²) in [5.41, 5.74) is 3.23. The lowest BCUT2D eigenvalue weighted by molar-refractivity contribution is -0.119. The summed E-state index contributed by atoms with van der Waals surface area (Å²) in [6.07, 6.45) is 1.61. The predicted molar refractivity (Wildman–Crippen MR) is 96.7 cm³/mol. The lowest BCUT2D eigenvalue weighted by Gasteiger charge is -2.14. The molecule has 6 heteroatoms. The summed E-state index contributed by atoms with van der Waals surface area (Å²) in [6, 6.07) is 10.7. The third-order valence-electron chi connectivity index (χ3n) is 4.21. The molecular weight excluding hydrogens is 334 g/mol. The highest BCUT2D eigenvalue weighted by molar-refractivity contribution is 5.96. The van der Waals surface area contributed by atoms with Crippen molar-refractivity contribution in [1.82, 2.24) is 0 Å². The molecule has 1 heterocycles. The number of anilines is 1. The second-order valence-electron chi connectivity index (χ2n) is 5.85. The van der Waals surface area contributed by atoms with Crippen LogP contribution in [0.25, 0.3) is 0 Å². The molecule has 0 atom stereocenters. The first kappa shape index (κ1) is 17.8.